The van der Waals surface area contributed by atoms with Crippen molar-refractivity contribution in [1.29, 1.82) is 0 Å². The minimum atomic E-state index is -1.18. The number of aliphatic hydroxyl groups is 1. The zero-order valence-corrected chi connectivity index (χ0v) is 10.5. The fourth-order valence-corrected chi connectivity index (χ4v) is 2.84. The van der Waals surface area contributed by atoms with Gasteiger partial charge in [-0.05, 0) is 25.0 Å². The highest BCUT2D eigenvalue weighted by atomic mass is 16.6. The lowest BCUT2D eigenvalue weighted by molar-refractivity contribution is -0.138. The van der Waals surface area contributed by atoms with Gasteiger partial charge in [0, 0.05) is 24.4 Å². The van der Waals surface area contributed by atoms with Crippen molar-refractivity contribution in [3.8, 4) is 0 Å². The highest BCUT2D eigenvalue weighted by molar-refractivity contribution is 5.95. The molecular formula is C13H16N2O4. The Morgan fingerprint density at radius 1 is 1.47 bits per heavy atom. The predicted octanol–water partition coefficient (Wildman–Crippen LogP) is 0.705. The Kier molecular flexibility index (Phi) is 3.02. The Bertz CT molecular complexity index is 510. The van der Waals surface area contributed by atoms with Crippen LogP contribution < -0.4 is 0 Å². The van der Waals surface area contributed by atoms with E-state index in [0.29, 0.717) is 0 Å². The van der Waals surface area contributed by atoms with Crippen LogP contribution in [0.2, 0.25) is 0 Å². The summed E-state index contributed by atoms with van der Waals surface area (Å²) in [5.74, 6) is -0.799. The second-order valence-corrected chi connectivity index (χ2v) is 4.92. The summed E-state index contributed by atoms with van der Waals surface area (Å²) >= 11 is 0. The summed E-state index contributed by atoms with van der Waals surface area (Å²) in [6.07, 6.45) is 1.78. The first-order chi connectivity index (χ1) is 9.18. The van der Waals surface area contributed by atoms with Crippen LogP contribution in [-0.2, 0) is 16.1 Å². The number of aliphatic hydroxyl groups excluding tert-OH is 1. The van der Waals surface area contributed by atoms with Gasteiger partial charge in [-0.3, -0.25) is 4.79 Å². The highest BCUT2D eigenvalue weighted by Gasteiger charge is 2.38. The second kappa shape index (κ2) is 4.70. The standard InChI is InChI=1S/C13H16N2O4/c16-11(12(17)15-7-8-19-13(15)18)9-3-1-5-14-6-2-4-10(9)14/h2,4,6,9,11,16H,1,3,5,7-8H2/t9-,11?/m1/s1. The molecule has 0 radical (unpaired) electrons. The minimum absolute atomic E-state index is 0.207. The molecule has 2 atom stereocenters. The van der Waals surface area contributed by atoms with Crippen LogP contribution in [-0.4, -0.2) is 45.8 Å². The normalized spacial score (nSPS) is 23.9. The first-order valence-electron chi connectivity index (χ1n) is 6.49. The zero-order valence-electron chi connectivity index (χ0n) is 10.5. The first kappa shape index (κ1) is 12.2. The number of ether oxygens (including phenoxy) is 1. The molecule has 2 amide bonds. The first-order valence-corrected chi connectivity index (χ1v) is 6.49. The molecule has 102 valence electrons. The Morgan fingerprint density at radius 2 is 2.32 bits per heavy atom. The predicted molar refractivity (Wildman–Crippen MR) is 65.5 cm³/mol. The quantitative estimate of drug-likeness (QED) is 0.853. The van der Waals surface area contributed by atoms with Gasteiger partial charge in [0.2, 0.25) is 0 Å². The van der Waals surface area contributed by atoms with Gasteiger partial charge in [0.05, 0.1) is 6.54 Å². The van der Waals surface area contributed by atoms with E-state index in [2.05, 4.69) is 0 Å². The fraction of sp³-hybridized carbons (Fsp3) is 0.538. The maximum atomic E-state index is 12.2. The maximum Gasteiger partial charge on any atom is 0.416 e. The van der Waals surface area contributed by atoms with Crippen molar-refractivity contribution in [2.75, 3.05) is 13.2 Å². The van der Waals surface area contributed by atoms with Gasteiger partial charge in [0.25, 0.3) is 5.91 Å². The van der Waals surface area contributed by atoms with Crippen molar-refractivity contribution in [2.24, 2.45) is 0 Å². The molecule has 1 N–H and O–H groups in total. The van der Waals surface area contributed by atoms with E-state index in [1.807, 2.05) is 22.9 Å². The number of amides is 2. The lowest BCUT2D eigenvalue weighted by Crippen LogP contribution is -2.43. The summed E-state index contributed by atoms with van der Waals surface area (Å²) in [5.41, 5.74) is 0.958. The average molecular weight is 264 g/mol. The number of cyclic esters (lactones) is 1. The van der Waals surface area contributed by atoms with Crippen LogP contribution in [0.15, 0.2) is 18.3 Å². The van der Waals surface area contributed by atoms with Crippen LogP contribution in [0.5, 0.6) is 0 Å². The Labute approximate surface area is 110 Å². The van der Waals surface area contributed by atoms with Crippen LogP contribution in [0, 0.1) is 0 Å². The zero-order chi connectivity index (χ0) is 13.4. The van der Waals surface area contributed by atoms with Crippen molar-refractivity contribution in [3.05, 3.63) is 24.0 Å². The molecule has 2 aliphatic rings. The molecule has 0 spiro atoms. The average Bonchev–Trinajstić information content (AvgIpc) is 3.04. The molecule has 3 heterocycles. The lowest BCUT2D eigenvalue weighted by atomic mass is 9.90. The lowest BCUT2D eigenvalue weighted by Gasteiger charge is -2.29. The van der Waals surface area contributed by atoms with E-state index in [1.54, 1.807) is 0 Å². The van der Waals surface area contributed by atoms with Gasteiger partial charge in [-0.2, -0.15) is 0 Å². The van der Waals surface area contributed by atoms with Crippen molar-refractivity contribution >= 4 is 12.0 Å². The van der Waals surface area contributed by atoms with E-state index >= 15 is 0 Å². The number of fused-ring (bicyclic) bond motifs is 1. The Morgan fingerprint density at radius 3 is 3.05 bits per heavy atom. The van der Waals surface area contributed by atoms with Crippen LogP contribution in [0.1, 0.15) is 24.5 Å². The monoisotopic (exact) mass is 264 g/mol. The number of carbonyl (C=O) groups excluding carboxylic acids is 2. The molecule has 1 unspecified atom stereocenters. The molecule has 3 rings (SSSR count). The molecule has 0 saturated carbocycles. The molecule has 0 bridgehead atoms. The summed E-state index contributed by atoms with van der Waals surface area (Å²) in [6.45, 7) is 1.34. The summed E-state index contributed by atoms with van der Waals surface area (Å²) in [6, 6.07) is 3.83. The Balaban J connectivity index is 1.80. The summed E-state index contributed by atoms with van der Waals surface area (Å²) in [5, 5.41) is 10.3. The maximum absolute atomic E-state index is 12.2. The molecular weight excluding hydrogens is 248 g/mol. The van der Waals surface area contributed by atoms with E-state index < -0.39 is 18.1 Å². The SMILES string of the molecule is O=C1OCCN1C(=O)C(O)[C@@H]1CCCn2cccc21. The smallest absolute Gasteiger partial charge is 0.416 e. The molecule has 1 fully saturated rings. The number of carbonyl (C=O) groups is 2. The van der Waals surface area contributed by atoms with Crippen LogP contribution in [0.3, 0.4) is 0 Å². The number of nitrogens with zero attached hydrogens (tertiary/aromatic N) is 2. The van der Waals surface area contributed by atoms with Crippen LogP contribution >= 0.6 is 0 Å². The molecule has 1 aromatic rings. The van der Waals surface area contributed by atoms with Gasteiger partial charge < -0.3 is 14.4 Å². The van der Waals surface area contributed by atoms with Gasteiger partial charge in [0.15, 0.2) is 0 Å². The molecule has 0 aliphatic carbocycles. The molecule has 0 aromatic carbocycles. The Hall–Kier alpha value is -1.82. The van der Waals surface area contributed by atoms with Crippen LogP contribution in [0.25, 0.3) is 0 Å². The third-order valence-electron chi connectivity index (χ3n) is 3.82. The van der Waals surface area contributed by atoms with Gasteiger partial charge in [-0.15, -0.1) is 0 Å². The molecule has 1 aromatic heterocycles. The van der Waals surface area contributed by atoms with E-state index in [1.165, 1.54) is 0 Å². The van der Waals surface area contributed by atoms with Crippen molar-refractivity contribution in [3.63, 3.8) is 0 Å². The third kappa shape index (κ3) is 2.02. The number of imide groups is 1. The fourth-order valence-electron chi connectivity index (χ4n) is 2.84. The summed E-state index contributed by atoms with van der Waals surface area (Å²) in [7, 11) is 0. The third-order valence-corrected chi connectivity index (χ3v) is 3.82. The van der Waals surface area contributed by atoms with Gasteiger partial charge in [-0.25, -0.2) is 9.69 Å². The number of hydrogen-bond donors (Lipinski definition) is 1. The number of rotatable bonds is 2. The highest BCUT2D eigenvalue weighted by Crippen LogP contribution is 2.31. The molecule has 6 nitrogen and oxygen atoms in total. The largest absolute Gasteiger partial charge is 0.447 e. The number of aryl methyl sites for hydroxylation is 1. The van der Waals surface area contributed by atoms with Gasteiger partial charge in [-0.1, -0.05) is 0 Å². The topological polar surface area (TPSA) is 71.8 Å². The summed E-state index contributed by atoms with van der Waals surface area (Å²) < 4.78 is 6.78. The van der Waals surface area contributed by atoms with E-state index in [4.69, 9.17) is 4.74 Å². The minimum Gasteiger partial charge on any atom is -0.447 e. The van der Waals surface area contributed by atoms with E-state index in [9.17, 15) is 14.7 Å². The van der Waals surface area contributed by atoms with Gasteiger partial charge in [0.1, 0.15) is 12.7 Å². The van der Waals surface area contributed by atoms with Crippen molar-refractivity contribution in [1.82, 2.24) is 9.47 Å². The van der Waals surface area contributed by atoms with E-state index in [-0.39, 0.29) is 19.1 Å². The molecule has 19 heavy (non-hydrogen) atoms. The van der Waals surface area contributed by atoms with Gasteiger partial charge >= 0.3 is 6.09 Å². The molecule has 2 aliphatic heterocycles. The van der Waals surface area contributed by atoms with Crippen molar-refractivity contribution < 1.29 is 19.4 Å². The van der Waals surface area contributed by atoms with Crippen LogP contribution in [0.4, 0.5) is 4.79 Å². The summed E-state index contributed by atoms with van der Waals surface area (Å²) in [4.78, 5) is 24.5. The van der Waals surface area contributed by atoms with E-state index in [0.717, 1.165) is 30.0 Å². The number of hydrogen-bond acceptors (Lipinski definition) is 4. The molecule has 1 saturated heterocycles. The van der Waals surface area contributed by atoms with Crippen molar-refractivity contribution in [2.45, 2.75) is 31.4 Å². The second-order valence-electron chi connectivity index (χ2n) is 4.92. The number of aromatic nitrogens is 1. The molecule has 6 heteroatoms.